The maximum Gasteiger partial charge on any atom is 0.234 e. The standard InChI is InChI=1S/C19H31N5O3/c1-14(2)22-18(26)13-23-7-9-24(10-8-23)19(20-3)21-12-15-11-16(27-4)5-6-17(15)25/h5-6,11,14,25H,7-10,12-13H2,1-4H3,(H,20,21)(H,22,26). The molecule has 1 saturated heterocycles. The number of ether oxygens (including phenoxy) is 1. The summed E-state index contributed by atoms with van der Waals surface area (Å²) in [6.45, 7) is 7.99. The first-order chi connectivity index (χ1) is 12.9. The maximum absolute atomic E-state index is 11.9. The lowest BCUT2D eigenvalue weighted by molar-refractivity contribution is -0.123. The first-order valence-electron chi connectivity index (χ1n) is 9.26. The minimum atomic E-state index is 0.0643. The molecule has 8 heteroatoms. The van der Waals surface area contributed by atoms with Gasteiger partial charge in [0.05, 0.1) is 13.7 Å². The third kappa shape index (κ3) is 6.32. The van der Waals surface area contributed by atoms with Crippen LogP contribution in [0.25, 0.3) is 0 Å². The van der Waals surface area contributed by atoms with Gasteiger partial charge in [-0.1, -0.05) is 0 Å². The van der Waals surface area contributed by atoms with Crippen LogP contribution >= 0.6 is 0 Å². The largest absolute Gasteiger partial charge is 0.508 e. The van der Waals surface area contributed by atoms with Crippen LogP contribution in [0.1, 0.15) is 19.4 Å². The molecule has 0 aromatic heterocycles. The fourth-order valence-electron chi connectivity index (χ4n) is 3.03. The molecule has 0 saturated carbocycles. The number of methoxy groups -OCH3 is 1. The van der Waals surface area contributed by atoms with Gasteiger partial charge in [0, 0.05) is 51.4 Å². The number of benzene rings is 1. The molecule has 1 aromatic carbocycles. The predicted molar refractivity (Wildman–Crippen MR) is 106 cm³/mol. The molecular weight excluding hydrogens is 346 g/mol. The highest BCUT2D eigenvalue weighted by Crippen LogP contribution is 2.22. The molecule has 27 heavy (non-hydrogen) atoms. The molecule has 0 atom stereocenters. The Kier molecular flexibility index (Phi) is 7.72. The number of piperazine rings is 1. The van der Waals surface area contributed by atoms with Crippen LogP contribution < -0.4 is 15.4 Å². The molecule has 150 valence electrons. The fraction of sp³-hybridized carbons (Fsp3) is 0.579. The summed E-state index contributed by atoms with van der Waals surface area (Å²) in [6, 6.07) is 5.32. The van der Waals surface area contributed by atoms with E-state index in [1.807, 2.05) is 13.8 Å². The number of hydrogen-bond donors (Lipinski definition) is 3. The van der Waals surface area contributed by atoms with E-state index in [0.717, 1.165) is 37.7 Å². The van der Waals surface area contributed by atoms with Crippen molar-refractivity contribution in [1.29, 1.82) is 0 Å². The number of hydrogen-bond acceptors (Lipinski definition) is 5. The van der Waals surface area contributed by atoms with Crippen LogP contribution in [-0.4, -0.2) is 79.7 Å². The molecule has 1 fully saturated rings. The van der Waals surface area contributed by atoms with Crippen molar-refractivity contribution >= 4 is 11.9 Å². The van der Waals surface area contributed by atoms with E-state index >= 15 is 0 Å². The zero-order valence-electron chi connectivity index (χ0n) is 16.7. The normalized spacial score (nSPS) is 15.7. The van der Waals surface area contributed by atoms with E-state index in [9.17, 15) is 9.90 Å². The number of phenols is 1. The molecule has 0 unspecified atom stereocenters. The van der Waals surface area contributed by atoms with Crippen LogP contribution in [-0.2, 0) is 11.3 Å². The van der Waals surface area contributed by atoms with Gasteiger partial charge in [-0.2, -0.15) is 0 Å². The Bertz CT molecular complexity index is 655. The lowest BCUT2D eigenvalue weighted by Gasteiger charge is -2.36. The molecule has 1 amide bonds. The zero-order valence-corrected chi connectivity index (χ0v) is 16.7. The molecule has 3 N–H and O–H groups in total. The number of guanidine groups is 1. The first-order valence-corrected chi connectivity index (χ1v) is 9.26. The van der Waals surface area contributed by atoms with Gasteiger partial charge >= 0.3 is 0 Å². The van der Waals surface area contributed by atoms with Crippen molar-refractivity contribution in [2.24, 2.45) is 4.99 Å². The summed E-state index contributed by atoms with van der Waals surface area (Å²) in [5.74, 6) is 1.77. The second-order valence-corrected chi connectivity index (χ2v) is 6.88. The van der Waals surface area contributed by atoms with Crippen LogP contribution in [0.5, 0.6) is 11.5 Å². The van der Waals surface area contributed by atoms with Crippen molar-refractivity contribution in [3.63, 3.8) is 0 Å². The van der Waals surface area contributed by atoms with E-state index in [4.69, 9.17) is 4.74 Å². The van der Waals surface area contributed by atoms with Gasteiger partial charge in [0.25, 0.3) is 0 Å². The van der Waals surface area contributed by atoms with Gasteiger partial charge in [-0.3, -0.25) is 14.7 Å². The number of nitrogens with zero attached hydrogens (tertiary/aromatic N) is 3. The van der Waals surface area contributed by atoms with Gasteiger partial charge in [0.1, 0.15) is 11.5 Å². The number of carbonyl (C=O) groups is 1. The van der Waals surface area contributed by atoms with Crippen molar-refractivity contribution in [2.75, 3.05) is 46.9 Å². The van der Waals surface area contributed by atoms with Gasteiger partial charge in [-0.05, 0) is 32.0 Å². The Balaban J connectivity index is 1.84. The second kappa shape index (κ2) is 10.0. The van der Waals surface area contributed by atoms with Crippen molar-refractivity contribution in [1.82, 2.24) is 20.4 Å². The summed E-state index contributed by atoms with van der Waals surface area (Å²) >= 11 is 0. The molecule has 0 bridgehead atoms. The van der Waals surface area contributed by atoms with Crippen molar-refractivity contribution in [2.45, 2.75) is 26.4 Å². The lowest BCUT2D eigenvalue weighted by Crippen LogP contribution is -2.54. The summed E-state index contributed by atoms with van der Waals surface area (Å²) in [6.07, 6.45) is 0. The first kappa shape index (κ1) is 20.8. The quantitative estimate of drug-likeness (QED) is 0.497. The third-order valence-corrected chi connectivity index (χ3v) is 4.42. The number of phenolic OH excluding ortho intramolecular Hbond substituents is 1. The molecular formula is C19H31N5O3. The molecule has 1 aromatic rings. The molecule has 2 rings (SSSR count). The average molecular weight is 377 g/mol. The molecule has 1 aliphatic heterocycles. The van der Waals surface area contributed by atoms with E-state index in [2.05, 4.69) is 25.4 Å². The third-order valence-electron chi connectivity index (χ3n) is 4.42. The monoisotopic (exact) mass is 377 g/mol. The Hall–Kier alpha value is -2.48. The van der Waals surface area contributed by atoms with Crippen molar-refractivity contribution in [3.8, 4) is 11.5 Å². The summed E-state index contributed by atoms with van der Waals surface area (Å²) in [4.78, 5) is 20.6. The van der Waals surface area contributed by atoms with E-state index in [1.165, 1.54) is 0 Å². The van der Waals surface area contributed by atoms with Crippen LogP contribution in [0.15, 0.2) is 23.2 Å². The highest BCUT2D eigenvalue weighted by molar-refractivity contribution is 5.80. The lowest BCUT2D eigenvalue weighted by atomic mass is 10.2. The van der Waals surface area contributed by atoms with Gasteiger partial charge < -0.3 is 25.4 Å². The van der Waals surface area contributed by atoms with E-state index in [-0.39, 0.29) is 17.7 Å². The second-order valence-electron chi connectivity index (χ2n) is 6.88. The predicted octanol–water partition coefficient (Wildman–Crippen LogP) is 0.618. The number of aromatic hydroxyl groups is 1. The minimum absolute atomic E-state index is 0.0643. The Morgan fingerprint density at radius 1 is 1.30 bits per heavy atom. The SMILES string of the molecule is CN=C(NCc1cc(OC)ccc1O)N1CCN(CC(=O)NC(C)C)CC1. The molecule has 1 heterocycles. The van der Waals surface area contributed by atoms with Crippen LogP contribution in [0.4, 0.5) is 0 Å². The smallest absolute Gasteiger partial charge is 0.234 e. The van der Waals surface area contributed by atoms with Crippen molar-refractivity contribution in [3.05, 3.63) is 23.8 Å². The Morgan fingerprint density at radius 2 is 2.00 bits per heavy atom. The highest BCUT2D eigenvalue weighted by atomic mass is 16.5. The fourth-order valence-corrected chi connectivity index (χ4v) is 3.03. The Morgan fingerprint density at radius 3 is 2.59 bits per heavy atom. The summed E-state index contributed by atoms with van der Waals surface area (Å²) in [5.41, 5.74) is 0.750. The van der Waals surface area contributed by atoms with E-state index in [1.54, 1.807) is 32.4 Å². The zero-order chi connectivity index (χ0) is 19.8. The number of amides is 1. The molecule has 8 nitrogen and oxygen atoms in total. The summed E-state index contributed by atoms with van der Waals surface area (Å²) in [7, 11) is 3.35. The molecule has 1 aliphatic rings. The molecule has 0 aliphatic carbocycles. The van der Waals surface area contributed by atoms with Gasteiger partial charge in [0.15, 0.2) is 5.96 Å². The van der Waals surface area contributed by atoms with Gasteiger partial charge in [0.2, 0.25) is 5.91 Å². The average Bonchev–Trinajstić information content (AvgIpc) is 2.64. The van der Waals surface area contributed by atoms with Gasteiger partial charge in [-0.15, -0.1) is 0 Å². The highest BCUT2D eigenvalue weighted by Gasteiger charge is 2.21. The topological polar surface area (TPSA) is 89.4 Å². The number of rotatable bonds is 6. The van der Waals surface area contributed by atoms with Crippen molar-refractivity contribution < 1.29 is 14.6 Å². The Labute approximate surface area is 161 Å². The van der Waals surface area contributed by atoms with Gasteiger partial charge in [-0.25, -0.2) is 0 Å². The molecule has 0 spiro atoms. The number of aliphatic imine (C=N–C) groups is 1. The van der Waals surface area contributed by atoms with E-state index in [0.29, 0.717) is 18.8 Å². The number of nitrogens with one attached hydrogen (secondary N) is 2. The van der Waals surface area contributed by atoms with Crippen LogP contribution in [0.3, 0.4) is 0 Å². The van der Waals surface area contributed by atoms with Crippen LogP contribution in [0, 0.1) is 0 Å². The molecule has 0 radical (unpaired) electrons. The van der Waals surface area contributed by atoms with Crippen LogP contribution in [0.2, 0.25) is 0 Å². The summed E-state index contributed by atoms with van der Waals surface area (Å²) < 4.78 is 5.21. The number of carbonyl (C=O) groups excluding carboxylic acids is 1. The minimum Gasteiger partial charge on any atom is -0.508 e. The maximum atomic E-state index is 11.9. The summed E-state index contributed by atoms with van der Waals surface area (Å²) in [5, 5.41) is 16.2. The van der Waals surface area contributed by atoms with E-state index < -0.39 is 0 Å².